The summed E-state index contributed by atoms with van der Waals surface area (Å²) in [5, 5.41) is 9.18. The van der Waals surface area contributed by atoms with Gasteiger partial charge in [0.25, 0.3) is 5.91 Å². The predicted molar refractivity (Wildman–Crippen MR) is 114 cm³/mol. The molecular formula is C25H23NO4. The Morgan fingerprint density at radius 2 is 1.53 bits per heavy atom. The van der Waals surface area contributed by atoms with E-state index in [0.29, 0.717) is 6.54 Å². The Morgan fingerprint density at radius 1 is 0.900 bits per heavy atom. The van der Waals surface area contributed by atoms with E-state index in [-0.39, 0.29) is 18.7 Å². The van der Waals surface area contributed by atoms with E-state index in [1.807, 2.05) is 84.9 Å². The topological polar surface area (TPSA) is 66.8 Å². The summed E-state index contributed by atoms with van der Waals surface area (Å²) >= 11 is 0. The van der Waals surface area contributed by atoms with Gasteiger partial charge in [-0.25, -0.2) is 0 Å². The van der Waals surface area contributed by atoms with Gasteiger partial charge in [-0.3, -0.25) is 9.59 Å². The maximum Gasteiger partial charge on any atom is 0.303 e. The number of ether oxygens (including phenoxy) is 1. The van der Waals surface area contributed by atoms with Crippen LogP contribution in [-0.4, -0.2) is 23.1 Å². The summed E-state index contributed by atoms with van der Waals surface area (Å²) in [5.74, 6) is -1.16. The molecule has 1 aliphatic rings. The van der Waals surface area contributed by atoms with Gasteiger partial charge in [0, 0.05) is 12.0 Å². The van der Waals surface area contributed by atoms with Gasteiger partial charge in [0.2, 0.25) is 0 Å². The fourth-order valence-corrected chi connectivity index (χ4v) is 3.80. The van der Waals surface area contributed by atoms with E-state index in [0.717, 1.165) is 22.4 Å². The molecule has 0 radical (unpaired) electrons. The number of amides is 1. The average Bonchev–Trinajstić information content (AvgIpc) is 2.89. The van der Waals surface area contributed by atoms with Gasteiger partial charge in [-0.2, -0.15) is 0 Å². The molecule has 0 fully saturated rings. The highest BCUT2D eigenvalue weighted by Crippen LogP contribution is 2.39. The minimum absolute atomic E-state index is 0.122. The largest absolute Gasteiger partial charge is 0.481 e. The van der Waals surface area contributed by atoms with E-state index < -0.39 is 18.2 Å². The Bertz CT molecular complexity index is 1020. The van der Waals surface area contributed by atoms with Crippen LogP contribution in [0, 0.1) is 0 Å². The number of hydrogen-bond donors (Lipinski definition) is 1. The third-order valence-electron chi connectivity index (χ3n) is 5.26. The molecule has 30 heavy (non-hydrogen) atoms. The van der Waals surface area contributed by atoms with Crippen LogP contribution < -0.4 is 4.90 Å². The SMILES string of the molecule is O=C(O)CC[C@H]1O[C@@H](c2ccccc2)c2ccccc2N(Cc2ccccc2)C1=O. The minimum Gasteiger partial charge on any atom is -0.481 e. The summed E-state index contributed by atoms with van der Waals surface area (Å²) in [6, 6.07) is 27.2. The lowest BCUT2D eigenvalue weighted by Gasteiger charge is -2.25. The van der Waals surface area contributed by atoms with Crippen LogP contribution in [0.1, 0.15) is 35.6 Å². The average molecular weight is 401 g/mol. The van der Waals surface area contributed by atoms with Gasteiger partial charge in [-0.1, -0.05) is 78.9 Å². The lowest BCUT2D eigenvalue weighted by Crippen LogP contribution is -2.39. The van der Waals surface area contributed by atoms with E-state index >= 15 is 0 Å². The predicted octanol–water partition coefficient (Wildman–Crippen LogP) is 4.57. The first kappa shape index (κ1) is 19.9. The molecule has 4 rings (SSSR count). The number of rotatable bonds is 6. The number of carbonyl (C=O) groups is 2. The van der Waals surface area contributed by atoms with E-state index in [4.69, 9.17) is 4.74 Å². The molecule has 1 aliphatic heterocycles. The third-order valence-corrected chi connectivity index (χ3v) is 5.26. The van der Waals surface area contributed by atoms with Gasteiger partial charge < -0.3 is 14.7 Å². The molecule has 0 bridgehead atoms. The van der Waals surface area contributed by atoms with Gasteiger partial charge in [0.15, 0.2) is 0 Å². The molecule has 0 unspecified atom stereocenters. The van der Waals surface area contributed by atoms with Crippen LogP contribution in [0.5, 0.6) is 0 Å². The fourth-order valence-electron chi connectivity index (χ4n) is 3.80. The standard InChI is InChI=1S/C25H23NO4/c27-23(28)16-15-22-25(29)26(17-18-9-3-1-4-10-18)21-14-8-7-13-20(21)24(30-22)19-11-5-2-6-12-19/h1-14,22,24H,15-17H2,(H,27,28)/t22-,24+/m1/s1. The molecule has 5 nitrogen and oxygen atoms in total. The molecule has 1 heterocycles. The van der Waals surface area contributed by atoms with E-state index in [9.17, 15) is 14.7 Å². The van der Waals surface area contributed by atoms with Crippen molar-refractivity contribution in [1.29, 1.82) is 0 Å². The van der Waals surface area contributed by atoms with Crippen molar-refractivity contribution in [3.8, 4) is 0 Å². The maximum absolute atomic E-state index is 13.5. The summed E-state index contributed by atoms with van der Waals surface area (Å²) in [4.78, 5) is 26.4. The molecule has 0 spiro atoms. The zero-order valence-electron chi connectivity index (χ0n) is 16.5. The molecule has 2 atom stereocenters. The Morgan fingerprint density at radius 3 is 2.23 bits per heavy atom. The molecule has 0 saturated heterocycles. The molecule has 3 aromatic rings. The molecule has 152 valence electrons. The second-order valence-electron chi connectivity index (χ2n) is 7.32. The van der Waals surface area contributed by atoms with Gasteiger partial charge in [-0.05, 0) is 23.6 Å². The van der Waals surface area contributed by atoms with Crippen molar-refractivity contribution in [2.75, 3.05) is 4.90 Å². The minimum atomic E-state index is -0.945. The lowest BCUT2D eigenvalue weighted by atomic mass is 9.99. The second-order valence-corrected chi connectivity index (χ2v) is 7.32. The Hall–Kier alpha value is -3.44. The lowest BCUT2D eigenvalue weighted by molar-refractivity contribution is -0.139. The van der Waals surface area contributed by atoms with E-state index in [1.165, 1.54) is 0 Å². The molecule has 0 saturated carbocycles. The van der Waals surface area contributed by atoms with Gasteiger partial charge in [0.1, 0.15) is 12.2 Å². The summed E-state index contributed by atoms with van der Waals surface area (Å²) < 4.78 is 6.30. The number of nitrogens with zero attached hydrogens (tertiary/aromatic N) is 1. The molecule has 3 aromatic carbocycles. The van der Waals surface area contributed by atoms with Crippen LogP contribution in [0.4, 0.5) is 5.69 Å². The number of anilines is 1. The zero-order chi connectivity index (χ0) is 20.9. The number of carboxylic acids is 1. The number of benzene rings is 3. The summed E-state index contributed by atoms with van der Waals surface area (Å²) in [6.45, 7) is 0.394. The second kappa shape index (κ2) is 8.93. The molecule has 5 heteroatoms. The highest BCUT2D eigenvalue weighted by atomic mass is 16.5. The van der Waals surface area contributed by atoms with Crippen molar-refractivity contribution in [3.05, 3.63) is 102 Å². The summed E-state index contributed by atoms with van der Waals surface area (Å²) in [6.07, 6.45) is -1.31. The number of hydrogen-bond acceptors (Lipinski definition) is 3. The number of fused-ring (bicyclic) bond motifs is 1. The first-order valence-corrected chi connectivity index (χ1v) is 10.00. The highest BCUT2D eigenvalue weighted by molar-refractivity contribution is 5.98. The van der Waals surface area contributed by atoms with Crippen molar-refractivity contribution in [1.82, 2.24) is 0 Å². The summed E-state index contributed by atoms with van der Waals surface area (Å²) in [5.41, 5.74) is 3.61. The van der Waals surface area contributed by atoms with Crippen molar-refractivity contribution in [2.24, 2.45) is 0 Å². The van der Waals surface area contributed by atoms with Crippen LogP contribution in [-0.2, 0) is 20.9 Å². The first-order chi connectivity index (χ1) is 14.6. The van der Waals surface area contributed by atoms with Crippen molar-refractivity contribution >= 4 is 17.6 Å². The van der Waals surface area contributed by atoms with Crippen LogP contribution in [0.25, 0.3) is 0 Å². The zero-order valence-corrected chi connectivity index (χ0v) is 16.5. The molecule has 1 N–H and O–H groups in total. The van der Waals surface area contributed by atoms with E-state index in [1.54, 1.807) is 4.90 Å². The van der Waals surface area contributed by atoms with Crippen molar-refractivity contribution in [2.45, 2.75) is 31.6 Å². The van der Waals surface area contributed by atoms with Gasteiger partial charge >= 0.3 is 5.97 Å². The van der Waals surface area contributed by atoms with Crippen molar-refractivity contribution in [3.63, 3.8) is 0 Å². The molecule has 0 aromatic heterocycles. The monoisotopic (exact) mass is 401 g/mol. The highest BCUT2D eigenvalue weighted by Gasteiger charge is 2.36. The Balaban J connectivity index is 1.79. The number of carboxylic acid groups (broad SMARTS) is 1. The maximum atomic E-state index is 13.5. The van der Waals surface area contributed by atoms with Crippen LogP contribution in [0.15, 0.2) is 84.9 Å². The Labute approximate surface area is 175 Å². The quantitative estimate of drug-likeness (QED) is 0.657. The third kappa shape index (κ3) is 4.26. The van der Waals surface area contributed by atoms with E-state index in [2.05, 4.69) is 0 Å². The number of aliphatic carboxylic acids is 1. The van der Waals surface area contributed by atoms with Gasteiger partial charge in [0.05, 0.1) is 12.2 Å². The normalized spacial score (nSPS) is 18.5. The van der Waals surface area contributed by atoms with Crippen LogP contribution in [0.3, 0.4) is 0 Å². The number of para-hydroxylation sites is 1. The molecular weight excluding hydrogens is 378 g/mol. The van der Waals surface area contributed by atoms with Gasteiger partial charge in [-0.15, -0.1) is 0 Å². The van der Waals surface area contributed by atoms with Crippen LogP contribution >= 0.6 is 0 Å². The smallest absolute Gasteiger partial charge is 0.303 e. The first-order valence-electron chi connectivity index (χ1n) is 10.00. The fraction of sp³-hybridized carbons (Fsp3) is 0.200. The molecule has 1 amide bonds. The molecule has 0 aliphatic carbocycles. The van der Waals surface area contributed by atoms with Crippen molar-refractivity contribution < 1.29 is 19.4 Å². The van der Waals surface area contributed by atoms with Crippen LogP contribution in [0.2, 0.25) is 0 Å². The Kier molecular flexibility index (Phi) is 5.91. The summed E-state index contributed by atoms with van der Waals surface area (Å²) in [7, 11) is 0. The number of carbonyl (C=O) groups excluding carboxylic acids is 1.